The summed E-state index contributed by atoms with van der Waals surface area (Å²) in [6.07, 6.45) is 11.4. The maximum absolute atomic E-state index is 12.5. The molecule has 0 aliphatic heterocycles. The van der Waals surface area contributed by atoms with Crippen LogP contribution in [0.1, 0.15) is 84.3 Å². The predicted octanol–water partition coefficient (Wildman–Crippen LogP) is 8.65. The van der Waals surface area contributed by atoms with E-state index in [4.69, 9.17) is 9.47 Å². The number of carbonyl (C=O) groups is 2. The van der Waals surface area contributed by atoms with Gasteiger partial charge in [-0.3, -0.25) is 4.79 Å². The van der Waals surface area contributed by atoms with Gasteiger partial charge in [-0.05, 0) is 69.7 Å². The molecule has 0 aliphatic carbocycles. The van der Waals surface area contributed by atoms with Crippen molar-refractivity contribution in [2.75, 3.05) is 6.61 Å². The number of rotatable bonds is 17. The van der Waals surface area contributed by atoms with E-state index >= 15 is 0 Å². The summed E-state index contributed by atoms with van der Waals surface area (Å²) in [6, 6.07) is 10.4. The van der Waals surface area contributed by atoms with E-state index in [1.54, 1.807) is 18.2 Å². The number of hydrogen-bond donors (Lipinski definition) is 1. The molecule has 0 aliphatic rings. The largest absolute Gasteiger partial charge is 0.493 e. The molecule has 0 saturated heterocycles. The Morgan fingerprint density at radius 3 is 2.33 bits per heavy atom. The van der Waals surface area contributed by atoms with Crippen LogP contribution >= 0.6 is 0 Å². The smallest absolute Gasteiger partial charge is 0.416 e. The first-order valence-corrected chi connectivity index (χ1v) is 15.3. The van der Waals surface area contributed by atoms with Crippen LogP contribution in [0.4, 0.5) is 13.2 Å². The molecule has 256 valence electrons. The van der Waals surface area contributed by atoms with Crippen molar-refractivity contribution in [1.82, 2.24) is 5.32 Å². The molecule has 2 aromatic carbocycles. The Morgan fingerprint density at radius 2 is 1.74 bits per heavy atom. The first-order chi connectivity index (χ1) is 21.9. The van der Waals surface area contributed by atoms with E-state index in [0.717, 1.165) is 25.0 Å². The minimum absolute atomic E-state index is 0.147. The molecular weight excluding hydrogens is 605 g/mol. The third-order valence-electron chi connectivity index (χ3n) is 6.31. The van der Waals surface area contributed by atoms with E-state index in [9.17, 15) is 32.9 Å². The van der Waals surface area contributed by atoms with Gasteiger partial charge in [-0.1, -0.05) is 82.2 Å². The number of unbranched alkanes of at least 4 members (excludes halogenated alkanes) is 2. The lowest BCUT2D eigenvalue weighted by molar-refractivity contribution is -0.763. The van der Waals surface area contributed by atoms with Crippen LogP contribution < -0.4 is 14.8 Å². The van der Waals surface area contributed by atoms with Gasteiger partial charge in [-0.2, -0.15) is 13.2 Å². The number of carbonyl (C=O) groups excluding carboxylic acids is 2. The summed E-state index contributed by atoms with van der Waals surface area (Å²) in [4.78, 5) is 36.1. The summed E-state index contributed by atoms with van der Waals surface area (Å²) in [5, 5.41) is 11.4. The van der Waals surface area contributed by atoms with E-state index in [0.29, 0.717) is 30.9 Å². The molecule has 12 heteroatoms. The number of ether oxygens (including phenoxy) is 2. The second-order valence-electron chi connectivity index (χ2n) is 9.91. The fraction of sp³-hybridized carbons (Fsp3) is 0.471. The average Bonchev–Trinajstić information content (AvgIpc) is 3.03. The number of halogens is 3. The van der Waals surface area contributed by atoms with Crippen LogP contribution in [0.25, 0.3) is 0 Å². The highest BCUT2D eigenvalue weighted by Gasteiger charge is 2.30. The molecule has 1 unspecified atom stereocenters. The Hall–Kier alpha value is -4.35. The molecule has 0 fully saturated rings. The summed E-state index contributed by atoms with van der Waals surface area (Å²) >= 11 is 0. The zero-order valence-electron chi connectivity index (χ0n) is 27.3. The van der Waals surface area contributed by atoms with E-state index in [1.165, 1.54) is 44.4 Å². The zero-order chi connectivity index (χ0) is 34.8. The number of para-hydroxylation sites is 1. The molecule has 1 amide bonds. The number of alkyl halides is 3. The first-order valence-electron chi connectivity index (χ1n) is 15.3. The number of allylic oxidation sites excluding steroid dienone is 3. The minimum atomic E-state index is -4.32. The Kier molecular flexibility index (Phi) is 22.6. The number of hydrogen-bond acceptors (Lipinski definition) is 7. The molecular formula is C34H47F3N2O7. The normalized spacial score (nSPS) is 11.6. The van der Waals surface area contributed by atoms with Gasteiger partial charge in [0.1, 0.15) is 24.1 Å². The molecule has 0 radical (unpaired) electrons. The van der Waals surface area contributed by atoms with Crippen LogP contribution in [-0.2, 0) is 27.2 Å². The highest BCUT2D eigenvalue weighted by Crippen LogP contribution is 2.31. The zero-order valence-corrected chi connectivity index (χ0v) is 27.3. The summed E-state index contributed by atoms with van der Waals surface area (Å²) in [5.74, 6) is 0.300. The van der Waals surface area contributed by atoms with E-state index in [-0.39, 0.29) is 18.1 Å². The number of amides is 1. The SMILES string of the molecule is C/C=C\CCCC.CC(NC=O)C(=O)Oc1ccccc1CO[N+](=O)[O-].CCC(/C=C/CCOc1cccc(C(F)(F)F)c1)CC. The molecule has 0 saturated carbocycles. The molecule has 1 atom stereocenters. The molecule has 1 N–H and O–H groups in total. The van der Waals surface area contributed by atoms with Crippen LogP contribution in [0.5, 0.6) is 11.5 Å². The van der Waals surface area contributed by atoms with E-state index < -0.39 is 28.8 Å². The summed E-state index contributed by atoms with van der Waals surface area (Å²) in [6.45, 7) is 10.1. The van der Waals surface area contributed by atoms with Gasteiger partial charge in [0.2, 0.25) is 6.41 Å². The lowest BCUT2D eigenvalue weighted by atomic mass is 10.0. The molecule has 2 aromatic rings. The predicted molar refractivity (Wildman–Crippen MR) is 172 cm³/mol. The lowest BCUT2D eigenvalue weighted by Gasteiger charge is -2.12. The van der Waals surface area contributed by atoms with Crippen LogP contribution in [0.3, 0.4) is 0 Å². The Labute approximate surface area is 269 Å². The molecule has 0 aromatic heterocycles. The van der Waals surface area contributed by atoms with E-state index in [2.05, 4.69) is 56.1 Å². The van der Waals surface area contributed by atoms with Crippen molar-refractivity contribution >= 4 is 12.4 Å². The van der Waals surface area contributed by atoms with Gasteiger partial charge in [0, 0.05) is 5.56 Å². The summed E-state index contributed by atoms with van der Waals surface area (Å²) in [7, 11) is 0. The fourth-order valence-electron chi connectivity index (χ4n) is 3.56. The second-order valence-corrected chi connectivity index (χ2v) is 9.91. The Morgan fingerprint density at radius 1 is 1.04 bits per heavy atom. The van der Waals surface area contributed by atoms with Gasteiger partial charge < -0.3 is 19.6 Å². The van der Waals surface area contributed by atoms with Crippen LogP contribution in [0, 0.1) is 16.0 Å². The van der Waals surface area contributed by atoms with Crippen molar-refractivity contribution in [2.24, 2.45) is 5.92 Å². The van der Waals surface area contributed by atoms with Crippen molar-refractivity contribution in [1.29, 1.82) is 0 Å². The Bertz CT molecular complexity index is 1200. The monoisotopic (exact) mass is 652 g/mol. The molecule has 46 heavy (non-hydrogen) atoms. The molecule has 0 spiro atoms. The molecule has 2 rings (SSSR count). The highest BCUT2D eigenvalue weighted by atomic mass is 19.4. The van der Waals surface area contributed by atoms with Crippen LogP contribution in [-0.4, -0.2) is 30.1 Å². The van der Waals surface area contributed by atoms with Gasteiger partial charge in [0.25, 0.3) is 5.09 Å². The van der Waals surface area contributed by atoms with Crippen molar-refractivity contribution < 1.29 is 42.2 Å². The van der Waals surface area contributed by atoms with Crippen molar-refractivity contribution in [3.63, 3.8) is 0 Å². The first kappa shape index (κ1) is 41.7. The topological polar surface area (TPSA) is 117 Å². The third-order valence-corrected chi connectivity index (χ3v) is 6.31. The van der Waals surface area contributed by atoms with Gasteiger partial charge >= 0.3 is 12.1 Å². The van der Waals surface area contributed by atoms with Crippen molar-refractivity contribution in [2.45, 2.75) is 92.0 Å². The van der Waals surface area contributed by atoms with Crippen LogP contribution in [0.2, 0.25) is 0 Å². The highest BCUT2D eigenvalue weighted by molar-refractivity contribution is 5.80. The number of esters is 1. The molecule has 0 bridgehead atoms. The number of nitrogens with zero attached hydrogens (tertiary/aromatic N) is 1. The molecule has 9 nitrogen and oxygen atoms in total. The van der Waals surface area contributed by atoms with Crippen LogP contribution in [0.15, 0.2) is 72.8 Å². The quantitative estimate of drug-likeness (QED) is 0.0346. The maximum Gasteiger partial charge on any atom is 0.416 e. The second kappa shape index (κ2) is 24.9. The van der Waals surface area contributed by atoms with Crippen molar-refractivity contribution in [3.05, 3.63) is 94.1 Å². The Balaban J connectivity index is 0.000000732. The maximum atomic E-state index is 12.5. The average molecular weight is 653 g/mol. The summed E-state index contributed by atoms with van der Waals surface area (Å²) in [5.41, 5.74) is -0.326. The lowest BCUT2D eigenvalue weighted by Crippen LogP contribution is -2.36. The van der Waals surface area contributed by atoms with Gasteiger partial charge in [-0.25, -0.2) is 4.79 Å². The number of benzene rings is 2. The molecule has 0 heterocycles. The number of nitrogens with one attached hydrogen (secondary N) is 1. The van der Waals surface area contributed by atoms with Gasteiger partial charge in [-0.15, -0.1) is 10.1 Å². The fourth-order valence-corrected chi connectivity index (χ4v) is 3.56. The van der Waals surface area contributed by atoms with Gasteiger partial charge in [0.05, 0.1) is 12.2 Å². The standard InChI is InChI=1S/C16H21F3O.C11H12N2O6.C7H14/c1-3-13(4-2)8-5-6-11-20-15-10-7-9-14(12-15)16(17,18)19;1-8(12-7-14)11(15)19-10-5-3-2-4-9(10)6-18-13(16)17;1-3-5-7-6-4-2/h5,7-10,12-13H,3-4,6,11H2,1-2H3;2-5,7-8H,6H2,1H3,(H,12,14);3,5H,4,6-7H2,1-2H3/b8-5+;;5-3-. The van der Waals surface area contributed by atoms with Crippen molar-refractivity contribution in [3.8, 4) is 11.5 Å². The third kappa shape index (κ3) is 19.8. The summed E-state index contributed by atoms with van der Waals surface area (Å²) < 4.78 is 47.9. The van der Waals surface area contributed by atoms with Gasteiger partial charge in [0.15, 0.2) is 0 Å². The van der Waals surface area contributed by atoms with E-state index in [1.807, 2.05) is 6.08 Å². The minimum Gasteiger partial charge on any atom is -0.493 e.